The van der Waals surface area contributed by atoms with E-state index in [2.05, 4.69) is 0 Å². The van der Waals surface area contributed by atoms with E-state index in [0.29, 0.717) is 18.4 Å². The molecule has 1 aliphatic rings. The van der Waals surface area contributed by atoms with Crippen molar-refractivity contribution in [1.29, 1.82) is 0 Å². The van der Waals surface area contributed by atoms with E-state index in [9.17, 15) is 13.9 Å². The Kier molecular flexibility index (Phi) is 2.48. The predicted octanol–water partition coefficient (Wildman–Crippen LogP) is 1.88. The Morgan fingerprint density at radius 2 is 1.93 bits per heavy atom. The molecule has 1 fully saturated rings. The maximum Gasteiger partial charge on any atom is 0.159 e. The number of hydrogen-bond acceptors (Lipinski definition) is 2. The van der Waals surface area contributed by atoms with Gasteiger partial charge in [-0.3, -0.25) is 0 Å². The van der Waals surface area contributed by atoms with Crippen molar-refractivity contribution < 1.29 is 13.9 Å². The summed E-state index contributed by atoms with van der Waals surface area (Å²) in [5.41, 5.74) is 5.32. The smallest absolute Gasteiger partial charge is 0.159 e. The molecule has 4 heteroatoms. The number of aliphatic hydroxyl groups is 1. The Bertz CT molecular complexity index is 377. The zero-order valence-electron chi connectivity index (χ0n) is 8.21. The van der Waals surface area contributed by atoms with Crippen molar-refractivity contribution in [3.63, 3.8) is 0 Å². The lowest BCUT2D eigenvalue weighted by Gasteiger charge is -2.41. The van der Waals surface area contributed by atoms with E-state index in [1.54, 1.807) is 0 Å². The van der Waals surface area contributed by atoms with Crippen LogP contribution in [0.2, 0.25) is 0 Å². The first kappa shape index (κ1) is 10.5. The van der Waals surface area contributed by atoms with Crippen LogP contribution in [0.3, 0.4) is 0 Å². The van der Waals surface area contributed by atoms with E-state index in [1.807, 2.05) is 0 Å². The first-order chi connectivity index (χ1) is 7.03. The minimum Gasteiger partial charge on any atom is -0.388 e. The summed E-state index contributed by atoms with van der Waals surface area (Å²) >= 11 is 0. The molecule has 2 rings (SSSR count). The maximum atomic E-state index is 12.9. The highest BCUT2D eigenvalue weighted by Crippen LogP contribution is 2.40. The van der Waals surface area contributed by atoms with Crippen LogP contribution in [-0.4, -0.2) is 10.7 Å². The Balaban J connectivity index is 2.25. The molecule has 2 nitrogen and oxygen atoms in total. The van der Waals surface area contributed by atoms with Gasteiger partial charge in [-0.05, 0) is 37.0 Å². The molecule has 0 heterocycles. The van der Waals surface area contributed by atoms with Gasteiger partial charge in [0.2, 0.25) is 0 Å². The van der Waals surface area contributed by atoms with Crippen LogP contribution in [0.15, 0.2) is 18.2 Å². The molecule has 15 heavy (non-hydrogen) atoms. The molecule has 1 unspecified atom stereocenters. The molecule has 1 atom stereocenters. The largest absolute Gasteiger partial charge is 0.388 e. The van der Waals surface area contributed by atoms with Crippen molar-refractivity contribution in [3.05, 3.63) is 35.4 Å². The fraction of sp³-hybridized carbons (Fsp3) is 0.455. The van der Waals surface area contributed by atoms with Crippen molar-refractivity contribution >= 4 is 0 Å². The minimum atomic E-state index is -0.940. The summed E-state index contributed by atoms with van der Waals surface area (Å²) in [5, 5.41) is 9.95. The molecule has 1 saturated carbocycles. The topological polar surface area (TPSA) is 46.2 Å². The average Bonchev–Trinajstić information content (AvgIpc) is 2.17. The molecule has 1 aromatic carbocycles. The normalized spacial score (nSPS) is 20.8. The van der Waals surface area contributed by atoms with Gasteiger partial charge in [-0.2, -0.15) is 0 Å². The lowest BCUT2D eigenvalue weighted by molar-refractivity contribution is -0.0560. The second kappa shape index (κ2) is 3.54. The zero-order chi connectivity index (χ0) is 11.1. The lowest BCUT2D eigenvalue weighted by Crippen LogP contribution is -2.46. The summed E-state index contributed by atoms with van der Waals surface area (Å²) in [6, 6.07) is 2.86. The molecule has 0 saturated heterocycles. The maximum absolute atomic E-state index is 12.9. The zero-order valence-corrected chi connectivity index (χ0v) is 8.21. The van der Waals surface area contributed by atoms with Crippen molar-refractivity contribution in [2.75, 3.05) is 0 Å². The van der Waals surface area contributed by atoms with Crippen LogP contribution in [0.4, 0.5) is 8.78 Å². The van der Waals surface area contributed by atoms with Gasteiger partial charge in [0, 0.05) is 0 Å². The van der Waals surface area contributed by atoms with Gasteiger partial charge in [-0.1, -0.05) is 6.07 Å². The Labute approximate surface area is 86.7 Å². The van der Waals surface area contributed by atoms with Crippen molar-refractivity contribution in [3.8, 4) is 0 Å². The number of nitrogens with two attached hydrogens (primary N) is 1. The number of benzene rings is 1. The van der Waals surface area contributed by atoms with Gasteiger partial charge in [0.15, 0.2) is 11.6 Å². The highest BCUT2D eigenvalue weighted by molar-refractivity contribution is 5.24. The van der Waals surface area contributed by atoms with Gasteiger partial charge in [0.25, 0.3) is 0 Å². The second-order valence-electron chi connectivity index (χ2n) is 4.11. The quantitative estimate of drug-likeness (QED) is 0.787. The van der Waals surface area contributed by atoms with Crippen molar-refractivity contribution in [1.82, 2.24) is 0 Å². The highest BCUT2D eigenvalue weighted by atomic mass is 19.2. The van der Waals surface area contributed by atoms with E-state index < -0.39 is 23.3 Å². The summed E-state index contributed by atoms with van der Waals surface area (Å²) in [6.07, 6.45) is 2.16. The highest BCUT2D eigenvalue weighted by Gasteiger charge is 2.41. The third kappa shape index (κ3) is 1.75. The molecule has 1 aliphatic carbocycles. The lowest BCUT2D eigenvalue weighted by atomic mass is 9.73. The summed E-state index contributed by atoms with van der Waals surface area (Å²) < 4.78 is 25.6. The number of hydrogen-bond donors (Lipinski definition) is 2. The van der Waals surface area contributed by atoms with Crippen molar-refractivity contribution in [2.45, 2.75) is 30.9 Å². The Morgan fingerprint density at radius 3 is 2.40 bits per heavy atom. The van der Waals surface area contributed by atoms with Crippen molar-refractivity contribution in [2.24, 2.45) is 5.73 Å². The molecule has 82 valence electrons. The summed E-state index contributed by atoms with van der Waals surface area (Å²) in [4.78, 5) is 0. The van der Waals surface area contributed by atoms with Crippen LogP contribution in [0, 0.1) is 11.6 Å². The van der Waals surface area contributed by atoms with E-state index >= 15 is 0 Å². The standard InChI is InChI=1S/C11H13F2NO/c12-8-3-2-7(6-9(8)13)10(14)11(15)4-1-5-11/h2-3,6,10,15H,1,4-5,14H2. The molecular formula is C11H13F2NO. The SMILES string of the molecule is NC(c1ccc(F)c(F)c1)C1(O)CCC1. The van der Waals surface area contributed by atoms with Crippen LogP contribution in [0.25, 0.3) is 0 Å². The van der Waals surface area contributed by atoms with Crippen LogP contribution in [0.1, 0.15) is 30.9 Å². The van der Waals surface area contributed by atoms with Crippen LogP contribution in [-0.2, 0) is 0 Å². The van der Waals surface area contributed by atoms with E-state index in [4.69, 9.17) is 5.73 Å². The predicted molar refractivity (Wildman–Crippen MR) is 52.1 cm³/mol. The molecule has 0 amide bonds. The average molecular weight is 213 g/mol. The van der Waals surface area contributed by atoms with Crippen LogP contribution in [0.5, 0.6) is 0 Å². The molecule has 3 N–H and O–H groups in total. The Hall–Kier alpha value is -1.00. The van der Waals surface area contributed by atoms with E-state index in [0.717, 1.165) is 18.6 Å². The van der Waals surface area contributed by atoms with Gasteiger partial charge in [0.05, 0.1) is 11.6 Å². The summed E-state index contributed by atoms with van der Waals surface area (Å²) in [7, 11) is 0. The molecule has 0 bridgehead atoms. The number of halogens is 2. The number of rotatable bonds is 2. The first-order valence-corrected chi connectivity index (χ1v) is 4.96. The van der Waals surface area contributed by atoms with Crippen LogP contribution >= 0.6 is 0 Å². The Morgan fingerprint density at radius 1 is 1.27 bits per heavy atom. The van der Waals surface area contributed by atoms with Crippen LogP contribution < -0.4 is 5.73 Å². The molecule has 1 aromatic rings. The second-order valence-corrected chi connectivity index (χ2v) is 4.11. The third-order valence-corrected chi connectivity index (χ3v) is 3.10. The monoisotopic (exact) mass is 213 g/mol. The first-order valence-electron chi connectivity index (χ1n) is 4.96. The minimum absolute atomic E-state index is 0.441. The van der Waals surface area contributed by atoms with Gasteiger partial charge in [0.1, 0.15) is 0 Å². The summed E-state index contributed by atoms with van der Waals surface area (Å²) in [6.45, 7) is 0. The third-order valence-electron chi connectivity index (χ3n) is 3.10. The fourth-order valence-corrected chi connectivity index (χ4v) is 1.87. The fourth-order valence-electron chi connectivity index (χ4n) is 1.87. The van der Waals surface area contributed by atoms with E-state index in [-0.39, 0.29) is 0 Å². The molecule has 0 spiro atoms. The van der Waals surface area contributed by atoms with Gasteiger partial charge in [-0.25, -0.2) is 8.78 Å². The molecule has 0 aliphatic heterocycles. The molecular weight excluding hydrogens is 200 g/mol. The van der Waals surface area contributed by atoms with Gasteiger partial charge < -0.3 is 10.8 Å². The van der Waals surface area contributed by atoms with Gasteiger partial charge in [-0.15, -0.1) is 0 Å². The molecule has 0 radical (unpaired) electrons. The molecule has 0 aromatic heterocycles. The van der Waals surface area contributed by atoms with E-state index in [1.165, 1.54) is 6.07 Å². The summed E-state index contributed by atoms with van der Waals surface area (Å²) in [5.74, 6) is -1.82. The van der Waals surface area contributed by atoms with Gasteiger partial charge >= 0.3 is 0 Å².